The fourth-order valence-electron chi connectivity index (χ4n) is 3.48. The van der Waals surface area contributed by atoms with E-state index in [1.54, 1.807) is 0 Å². The van der Waals surface area contributed by atoms with E-state index in [9.17, 15) is 5.11 Å². The van der Waals surface area contributed by atoms with Crippen LogP contribution >= 0.6 is 0 Å². The van der Waals surface area contributed by atoms with Gasteiger partial charge < -0.3 is 10.4 Å². The molecule has 3 nitrogen and oxygen atoms in total. The average molecular weight is 246 g/mol. The maximum atomic E-state index is 9.80. The van der Waals surface area contributed by atoms with Gasteiger partial charge in [0, 0.05) is 19.6 Å². The molecule has 2 aliphatic heterocycles. The predicted octanol–water partition coefficient (Wildman–Crippen LogP) is 1.66. The zero-order valence-electron chi connectivity index (χ0n) is 11.2. The number of hydrogen-bond donors (Lipinski definition) is 2. The van der Waals surface area contributed by atoms with Gasteiger partial charge in [0.05, 0.1) is 0 Å². The summed E-state index contributed by atoms with van der Waals surface area (Å²) in [5.74, 6) is 2.15. The number of nitrogens with zero attached hydrogens (tertiary/aromatic N) is 1. The summed E-state index contributed by atoms with van der Waals surface area (Å²) in [7, 11) is 0. The van der Waals surface area contributed by atoms with E-state index in [0.717, 1.165) is 29.5 Å². The number of hydrogen-bond acceptors (Lipinski definition) is 3. The summed E-state index contributed by atoms with van der Waals surface area (Å²) in [5.41, 5.74) is 3.31. The summed E-state index contributed by atoms with van der Waals surface area (Å²) >= 11 is 0. The fraction of sp³-hybridized carbons (Fsp3) is 0.600. The van der Waals surface area contributed by atoms with Gasteiger partial charge in [0.15, 0.2) is 0 Å². The summed E-state index contributed by atoms with van der Waals surface area (Å²) in [6, 6.07) is 4.24. The SMILES string of the molecule is Cc1cc(CN2C[C@H]3CNC[C@H]3C2)cc(C)c1O. The highest BCUT2D eigenvalue weighted by atomic mass is 16.3. The lowest BCUT2D eigenvalue weighted by atomic mass is 10.0. The van der Waals surface area contributed by atoms with Crippen molar-refractivity contribution in [2.24, 2.45) is 11.8 Å². The molecule has 98 valence electrons. The minimum atomic E-state index is 0.446. The van der Waals surface area contributed by atoms with Gasteiger partial charge >= 0.3 is 0 Å². The molecule has 2 heterocycles. The lowest BCUT2D eigenvalue weighted by Crippen LogP contribution is -2.25. The number of nitrogens with one attached hydrogen (secondary N) is 1. The van der Waals surface area contributed by atoms with E-state index in [1.165, 1.54) is 31.7 Å². The maximum absolute atomic E-state index is 9.80. The molecule has 1 aromatic carbocycles. The number of benzene rings is 1. The normalized spacial score (nSPS) is 27.7. The summed E-state index contributed by atoms with van der Waals surface area (Å²) in [5, 5.41) is 13.3. The van der Waals surface area contributed by atoms with E-state index in [1.807, 2.05) is 13.8 Å². The Hall–Kier alpha value is -1.06. The number of rotatable bonds is 2. The van der Waals surface area contributed by atoms with Crippen LogP contribution in [0.15, 0.2) is 12.1 Å². The second kappa shape index (κ2) is 4.56. The van der Waals surface area contributed by atoms with Crippen LogP contribution in [0.4, 0.5) is 0 Å². The van der Waals surface area contributed by atoms with Crippen molar-refractivity contribution < 1.29 is 5.11 Å². The smallest absolute Gasteiger partial charge is 0.121 e. The Bertz CT molecular complexity index is 423. The first-order valence-electron chi connectivity index (χ1n) is 6.85. The highest BCUT2D eigenvalue weighted by Gasteiger charge is 2.35. The van der Waals surface area contributed by atoms with Gasteiger partial charge in [-0.05, 0) is 55.5 Å². The van der Waals surface area contributed by atoms with Crippen molar-refractivity contribution in [1.82, 2.24) is 10.2 Å². The second-order valence-corrected chi connectivity index (χ2v) is 5.95. The zero-order chi connectivity index (χ0) is 12.7. The average Bonchev–Trinajstić information content (AvgIpc) is 2.86. The molecular formula is C15H22N2O. The minimum absolute atomic E-state index is 0.446. The molecule has 0 spiro atoms. The number of aryl methyl sites for hydroxylation is 2. The highest BCUT2D eigenvalue weighted by Crippen LogP contribution is 2.29. The van der Waals surface area contributed by atoms with Crippen LogP contribution in [0.1, 0.15) is 16.7 Å². The first-order valence-corrected chi connectivity index (χ1v) is 6.85. The van der Waals surface area contributed by atoms with Gasteiger partial charge in [0.1, 0.15) is 5.75 Å². The largest absolute Gasteiger partial charge is 0.507 e. The van der Waals surface area contributed by atoms with Gasteiger partial charge in [-0.25, -0.2) is 0 Å². The van der Waals surface area contributed by atoms with Crippen molar-refractivity contribution in [3.05, 3.63) is 28.8 Å². The molecule has 1 aromatic rings. The molecule has 2 aliphatic rings. The quantitative estimate of drug-likeness (QED) is 0.833. The van der Waals surface area contributed by atoms with Gasteiger partial charge in [0.25, 0.3) is 0 Å². The maximum Gasteiger partial charge on any atom is 0.121 e. The van der Waals surface area contributed by atoms with Crippen LogP contribution in [-0.2, 0) is 6.54 Å². The second-order valence-electron chi connectivity index (χ2n) is 5.95. The number of phenolic OH excluding ortho intramolecular Hbond substituents is 1. The molecule has 0 bridgehead atoms. The molecule has 3 rings (SSSR count). The number of aromatic hydroxyl groups is 1. The van der Waals surface area contributed by atoms with E-state index < -0.39 is 0 Å². The summed E-state index contributed by atoms with van der Waals surface area (Å²) in [6.45, 7) is 9.80. The van der Waals surface area contributed by atoms with Gasteiger partial charge in [-0.2, -0.15) is 0 Å². The molecule has 2 saturated heterocycles. The first kappa shape index (κ1) is 12.0. The topological polar surface area (TPSA) is 35.5 Å². The molecule has 2 fully saturated rings. The van der Waals surface area contributed by atoms with Crippen molar-refractivity contribution >= 4 is 0 Å². The van der Waals surface area contributed by atoms with E-state index in [-0.39, 0.29) is 0 Å². The van der Waals surface area contributed by atoms with Crippen LogP contribution in [0.3, 0.4) is 0 Å². The Balaban J connectivity index is 1.70. The molecule has 0 unspecified atom stereocenters. The molecule has 0 saturated carbocycles. The monoisotopic (exact) mass is 246 g/mol. The molecule has 2 atom stereocenters. The van der Waals surface area contributed by atoms with E-state index in [0.29, 0.717) is 5.75 Å². The van der Waals surface area contributed by atoms with Crippen LogP contribution < -0.4 is 5.32 Å². The molecule has 0 aliphatic carbocycles. The van der Waals surface area contributed by atoms with E-state index in [4.69, 9.17) is 0 Å². The summed E-state index contributed by atoms with van der Waals surface area (Å²) < 4.78 is 0. The molecule has 0 aromatic heterocycles. The predicted molar refractivity (Wildman–Crippen MR) is 72.7 cm³/mol. The third-order valence-electron chi connectivity index (χ3n) is 4.42. The Labute approximate surface area is 109 Å². The van der Waals surface area contributed by atoms with Gasteiger partial charge in [-0.15, -0.1) is 0 Å². The lowest BCUT2D eigenvalue weighted by Gasteiger charge is -2.18. The van der Waals surface area contributed by atoms with Crippen molar-refractivity contribution in [2.45, 2.75) is 20.4 Å². The summed E-state index contributed by atoms with van der Waals surface area (Å²) in [4.78, 5) is 2.56. The highest BCUT2D eigenvalue weighted by molar-refractivity contribution is 5.42. The van der Waals surface area contributed by atoms with Crippen molar-refractivity contribution in [3.8, 4) is 5.75 Å². The molecule has 18 heavy (non-hydrogen) atoms. The van der Waals surface area contributed by atoms with Crippen molar-refractivity contribution in [1.29, 1.82) is 0 Å². The van der Waals surface area contributed by atoms with Crippen LogP contribution in [0.25, 0.3) is 0 Å². The van der Waals surface area contributed by atoms with Crippen LogP contribution in [0, 0.1) is 25.7 Å². The standard InChI is InChI=1S/C15H22N2O/c1-10-3-12(4-11(2)15(10)18)7-17-8-13-5-16-6-14(13)9-17/h3-4,13-14,16,18H,5-9H2,1-2H3/t13-,14+. The van der Waals surface area contributed by atoms with Gasteiger partial charge in [-0.3, -0.25) is 4.90 Å². The van der Waals surface area contributed by atoms with Gasteiger partial charge in [0.2, 0.25) is 0 Å². The third-order valence-corrected chi connectivity index (χ3v) is 4.42. The van der Waals surface area contributed by atoms with E-state index in [2.05, 4.69) is 22.3 Å². The van der Waals surface area contributed by atoms with Crippen LogP contribution in [0.5, 0.6) is 5.75 Å². The Morgan fingerprint density at radius 2 is 1.72 bits per heavy atom. The lowest BCUT2D eigenvalue weighted by molar-refractivity contribution is 0.305. The number of phenols is 1. The fourth-order valence-corrected chi connectivity index (χ4v) is 3.48. The number of likely N-dealkylation sites (tertiary alicyclic amines) is 1. The summed E-state index contributed by atoms with van der Waals surface area (Å²) in [6.07, 6.45) is 0. The van der Waals surface area contributed by atoms with Crippen LogP contribution in [-0.4, -0.2) is 36.2 Å². The molecular weight excluding hydrogens is 224 g/mol. The molecule has 3 heteroatoms. The Morgan fingerprint density at radius 3 is 2.28 bits per heavy atom. The zero-order valence-corrected chi connectivity index (χ0v) is 11.2. The number of fused-ring (bicyclic) bond motifs is 1. The van der Waals surface area contributed by atoms with Crippen LogP contribution in [0.2, 0.25) is 0 Å². The third kappa shape index (κ3) is 2.13. The van der Waals surface area contributed by atoms with Gasteiger partial charge in [-0.1, -0.05) is 12.1 Å². The Kier molecular flexibility index (Phi) is 3.04. The van der Waals surface area contributed by atoms with Crippen molar-refractivity contribution in [3.63, 3.8) is 0 Å². The van der Waals surface area contributed by atoms with Crippen molar-refractivity contribution in [2.75, 3.05) is 26.2 Å². The molecule has 0 amide bonds. The minimum Gasteiger partial charge on any atom is -0.507 e. The first-order chi connectivity index (χ1) is 8.63. The Morgan fingerprint density at radius 1 is 1.17 bits per heavy atom. The van der Waals surface area contributed by atoms with E-state index >= 15 is 0 Å². The molecule has 0 radical (unpaired) electrons. The molecule has 2 N–H and O–H groups in total.